The van der Waals surface area contributed by atoms with Gasteiger partial charge in [0.2, 0.25) is 0 Å². The predicted molar refractivity (Wildman–Crippen MR) is 68.4 cm³/mol. The first kappa shape index (κ1) is 11.9. The van der Waals surface area contributed by atoms with Gasteiger partial charge in [-0.1, -0.05) is 19.4 Å². The van der Waals surface area contributed by atoms with E-state index >= 15 is 0 Å². The van der Waals surface area contributed by atoms with Gasteiger partial charge in [0, 0.05) is 13.1 Å². The molecule has 0 saturated carbocycles. The Balaban J connectivity index is 2.81. The topological polar surface area (TPSA) is 29.3 Å². The van der Waals surface area contributed by atoms with Crippen molar-refractivity contribution >= 4 is 11.4 Å². The Labute approximate surface area is 93.1 Å². The Morgan fingerprint density at radius 2 is 2.00 bits per heavy atom. The highest BCUT2D eigenvalue weighted by molar-refractivity contribution is 5.68. The van der Waals surface area contributed by atoms with Gasteiger partial charge in [-0.25, -0.2) is 0 Å². The molecular formula is C13H22N2. The van der Waals surface area contributed by atoms with Gasteiger partial charge in [0.05, 0.1) is 11.4 Å². The first-order chi connectivity index (χ1) is 7.19. The second kappa shape index (κ2) is 5.64. The van der Waals surface area contributed by atoms with E-state index in [0.717, 1.165) is 18.8 Å². The molecule has 0 saturated heterocycles. The number of nitrogens with two attached hydrogens (primary N) is 1. The molecule has 0 aliphatic rings. The first-order valence-corrected chi connectivity index (χ1v) is 5.80. The minimum atomic E-state index is 0.896. The summed E-state index contributed by atoms with van der Waals surface area (Å²) >= 11 is 0. The van der Waals surface area contributed by atoms with E-state index in [0.29, 0.717) is 0 Å². The molecule has 1 aromatic rings. The quantitative estimate of drug-likeness (QED) is 0.750. The zero-order chi connectivity index (χ0) is 11.3. The summed E-state index contributed by atoms with van der Waals surface area (Å²) in [5.74, 6) is 0. The van der Waals surface area contributed by atoms with Crippen LogP contribution in [-0.2, 0) is 0 Å². The number of unbranched alkanes of at least 4 members (excludes halogenated alkanes) is 1. The standard InChI is InChI=1S/C13H22N2/c1-4-6-9-15(5-2)13-8-7-11(3)10-12(13)14/h7-8,10H,4-6,9,14H2,1-3H3. The largest absolute Gasteiger partial charge is 0.397 e. The number of nitrogens with zero attached hydrogens (tertiary/aromatic N) is 1. The molecule has 2 nitrogen and oxygen atoms in total. The lowest BCUT2D eigenvalue weighted by Crippen LogP contribution is -2.24. The molecule has 0 unspecified atom stereocenters. The van der Waals surface area contributed by atoms with Crippen molar-refractivity contribution in [2.24, 2.45) is 0 Å². The lowest BCUT2D eigenvalue weighted by molar-refractivity contribution is 0.733. The smallest absolute Gasteiger partial charge is 0.0600 e. The van der Waals surface area contributed by atoms with Crippen LogP contribution in [0, 0.1) is 6.92 Å². The van der Waals surface area contributed by atoms with Crippen LogP contribution < -0.4 is 10.6 Å². The third-order valence-corrected chi connectivity index (χ3v) is 2.69. The van der Waals surface area contributed by atoms with Gasteiger partial charge in [0.25, 0.3) is 0 Å². The Hall–Kier alpha value is -1.18. The van der Waals surface area contributed by atoms with Gasteiger partial charge >= 0.3 is 0 Å². The Morgan fingerprint density at radius 3 is 2.53 bits per heavy atom. The van der Waals surface area contributed by atoms with Gasteiger partial charge in [-0.2, -0.15) is 0 Å². The SMILES string of the molecule is CCCCN(CC)c1ccc(C)cc1N. The summed E-state index contributed by atoms with van der Waals surface area (Å²) in [5, 5.41) is 0. The van der Waals surface area contributed by atoms with Crippen LogP contribution in [0.4, 0.5) is 11.4 Å². The highest BCUT2D eigenvalue weighted by Crippen LogP contribution is 2.24. The highest BCUT2D eigenvalue weighted by Gasteiger charge is 2.06. The van der Waals surface area contributed by atoms with E-state index in [4.69, 9.17) is 5.73 Å². The molecular weight excluding hydrogens is 184 g/mol. The lowest BCUT2D eigenvalue weighted by atomic mass is 10.1. The number of nitrogen functional groups attached to an aromatic ring is 1. The maximum absolute atomic E-state index is 6.03. The summed E-state index contributed by atoms with van der Waals surface area (Å²) in [7, 11) is 0. The van der Waals surface area contributed by atoms with Gasteiger partial charge in [-0.3, -0.25) is 0 Å². The monoisotopic (exact) mass is 206 g/mol. The average Bonchev–Trinajstić information content (AvgIpc) is 2.21. The van der Waals surface area contributed by atoms with Crippen molar-refractivity contribution in [3.05, 3.63) is 23.8 Å². The Bertz CT molecular complexity index is 307. The predicted octanol–water partition coefficient (Wildman–Crippen LogP) is 3.20. The lowest BCUT2D eigenvalue weighted by Gasteiger charge is -2.24. The molecule has 0 aliphatic carbocycles. The molecule has 15 heavy (non-hydrogen) atoms. The van der Waals surface area contributed by atoms with Crippen LogP contribution in [0.25, 0.3) is 0 Å². The zero-order valence-electron chi connectivity index (χ0n) is 10.1. The fraction of sp³-hybridized carbons (Fsp3) is 0.538. The molecule has 0 heterocycles. The van der Waals surface area contributed by atoms with E-state index in [9.17, 15) is 0 Å². The first-order valence-electron chi connectivity index (χ1n) is 5.80. The van der Waals surface area contributed by atoms with Crippen molar-refractivity contribution in [3.63, 3.8) is 0 Å². The maximum atomic E-state index is 6.03. The summed E-state index contributed by atoms with van der Waals surface area (Å²) in [5.41, 5.74) is 9.33. The van der Waals surface area contributed by atoms with Crippen molar-refractivity contribution in [1.29, 1.82) is 0 Å². The van der Waals surface area contributed by atoms with E-state index in [1.165, 1.54) is 24.1 Å². The van der Waals surface area contributed by atoms with Crippen LogP contribution in [0.2, 0.25) is 0 Å². The van der Waals surface area contributed by atoms with E-state index in [-0.39, 0.29) is 0 Å². The molecule has 2 N–H and O–H groups in total. The molecule has 2 heteroatoms. The van der Waals surface area contributed by atoms with Crippen LogP contribution in [0.3, 0.4) is 0 Å². The number of rotatable bonds is 5. The van der Waals surface area contributed by atoms with Crippen molar-refractivity contribution in [2.75, 3.05) is 23.7 Å². The van der Waals surface area contributed by atoms with Gasteiger partial charge in [0.1, 0.15) is 0 Å². The van der Waals surface area contributed by atoms with Crippen LogP contribution in [0.5, 0.6) is 0 Å². The molecule has 0 amide bonds. The van der Waals surface area contributed by atoms with E-state index in [2.05, 4.69) is 37.8 Å². The molecule has 0 bridgehead atoms. The third-order valence-electron chi connectivity index (χ3n) is 2.69. The minimum absolute atomic E-state index is 0.896. The average molecular weight is 206 g/mol. The van der Waals surface area contributed by atoms with Crippen molar-refractivity contribution in [2.45, 2.75) is 33.6 Å². The number of benzene rings is 1. The van der Waals surface area contributed by atoms with E-state index in [1.807, 2.05) is 6.07 Å². The normalized spacial score (nSPS) is 10.3. The molecule has 1 rings (SSSR count). The molecule has 0 aromatic heterocycles. The van der Waals surface area contributed by atoms with Gasteiger partial charge in [0.15, 0.2) is 0 Å². The summed E-state index contributed by atoms with van der Waals surface area (Å²) < 4.78 is 0. The minimum Gasteiger partial charge on any atom is -0.397 e. The fourth-order valence-electron chi connectivity index (χ4n) is 1.76. The second-order valence-corrected chi connectivity index (χ2v) is 4.00. The highest BCUT2D eigenvalue weighted by atomic mass is 15.1. The molecule has 84 valence electrons. The van der Waals surface area contributed by atoms with Crippen LogP contribution in [0.15, 0.2) is 18.2 Å². The molecule has 0 atom stereocenters. The number of hydrogen-bond acceptors (Lipinski definition) is 2. The van der Waals surface area contributed by atoms with Gasteiger partial charge in [-0.05, 0) is 38.0 Å². The molecule has 0 spiro atoms. The van der Waals surface area contributed by atoms with Crippen LogP contribution in [-0.4, -0.2) is 13.1 Å². The summed E-state index contributed by atoms with van der Waals surface area (Å²) in [6.45, 7) is 8.58. The molecule has 0 radical (unpaired) electrons. The van der Waals surface area contributed by atoms with Crippen molar-refractivity contribution in [1.82, 2.24) is 0 Å². The van der Waals surface area contributed by atoms with Crippen molar-refractivity contribution < 1.29 is 0 Å². The summed E-state index contributed by atoms with van der Waals surface area (Å²) in [6, 6.07) is 6.30. The number of aryl methyl sites for hydroxylation is 1. The fourth-order valence-corrected chi connectivity index (χ4v) is 1.76. The Morgan fingerprint density at radius 1 is 1.27 bits per heavy atom. The molecule has 1 aromatic carbocycles. The van der Waals surface area contributed by atoms with Crippen LogP contribution >= 0.6 is 0 Å². The van der Waals surface area contributed by atoms with Gasteiger partial charge < -0.3 is 10.6 Å². The van der Waals surface area contributed by atoms with E-state index < -0.39 is 0 Å². The van der Waals surface area contributed by atoms with Crippen molar-refractivity contribution in [3.8, 4) is 0 Å². The number of anilines is 2. The van der Waals surface area contributed by atoms with Gasteiger partial charge in [-0.15, -0.1) is 0 Å². The van der Waals surface area contributed by atoms with Crippen LogP contribution in [0.1, 0.15) is 32.3 Å². The van der Waals surface area contributed by atoms with E-state index in [1.54, 1.807) is 0 Å². The zero-order valence-corrected chi connectivity index (χ0v) is 10.1. The maximum Gasteiger partial charge on any atom is 0.0600 e. The third kappa shape index (κ3) is 3.15. The summed E-state index contributed by atoms with van der Waals surface area (Å²) in [6.07, 6.45) is 2.45. The molecule has 0 fully saturated rings. The Kier molecular flexibility index (Phi) is 4.47. The number of hydrogen-bond donors (Lipinski definition) is 1. The summed E-state index contributed by atoms with van der Waals surface area (Å²) in [4.78, 5) is 2.35. The molecule has 0 aliphatic heterocycles. The second-order valence-electron chi connectivity index (χ2n) is 4.00.